The van der Waals surface area contributed by atoms with Crippen molar-refractivity contribution in [1.29, 1.82) is 0 Å². The van der Waals surface area contributed by atoms with Crippen LogP contribution >= 0.6 is 0 Å². The maximum atomic E-state index is 11.7. The minimum Gasteiger partial charge on any atom is -0.464 e. The summed E-state index contributed by atoms with van der Waals surface area (Å²) in [6.07, 6.45) is 0. The van der Waals surface area contributed by atoms with Gasteiger partial charge in [-0.25, -0.2) is 9.59 Å². The predicted octanol–water partition coefficient (Wildman–Crippen LogP) is 1.60. The lowest BCUT2D eigenvalue weighted by molar-refractivity contribution is 0.0590. The molecule has 0 aliphatic carbocycles. The molecule has 1 aromatic heterocycles. The number of nitrogens with zero attached hydrogens (tertiary/aromatic N) is 1. The SMILES string of the molecule is COC(=O)c1c(NC(N)=O)cc(C(C)(C)C)n1C. The Kier molecular flexibility index (Phi) is 3.69. The van der Waals surface area contributed by atoms with E-state index in [1.807, 2.05) is 20.8 Å². The first kappa shape index (κ1) is 14.1. The van der Waals surface area contributed by atoms with Crippen LogP contribution in [0.3, 0.4) is 0 Å². The van der Waals surface area contributed by atoms with Gasteiger partial charge in [-0.3, -0.25) is 0 Å². The second-order valence-corrected chi connectivity index (χ2v) is 5.08. The van der Waals surface area contributed by atoms with Gasteiger partial charge in [0.05, 0.1) is 12.8 Å². The Morgan fingerprint density at radius 3 is 2.33 bits per heavy atom. The maximum Gasteiger partial charge on any atom is 0.356 e. The Labute approximate surface area is 106 Å². The molecule has 1 rings (SSSR count). The largest absolute Gasteiger partial charge is 0.464 e. The zero-order valence-corrected chi connectivity index (χ0v) is 11.3. The normalized spacial score (nSPS) is 11.2. The molecular formula is C12H19N3O3. The molecule has 0 radical (unpaired) electrons. The highest BCUT2D eigenvalue weighted by Crippen LogP contribution is 2.30. The van der Waals surface area contributed by atoms with E-state index in [1.165, 1.54) is 7.11 Å². The third kappa shape index (κ3) is 2.64. The fraction of sp³-hybridized carbons (Fsp3) is 0.500. The number of rotatable bonds is 2. The summed E-state index contributed by atoms with van der Waals surface area (Å²) in [4.78, 5) is 22.7. The molecule has 0 fully saturated rings. The smallest absolute Gasteiger partial charge is 0.356 e. The van der Waals surface area contributed by atoms with Crippen molar-refractivity contribution in [2.45, 2.75) is 26.2 Å². The predicted molar refractivity (Wildman–Crippen MR) is 68.7 cm³/mol. The molecule has 1 aromatic rings. The Morgan fingerprint density at radius 1 is 1.39 bits per heavy atom. The summed E-state index contributed by atoms with van der Waals surface area (Å²) in [6.45, 7) is 6.03. The van der Waals surface area contributed by atoms with Crippen LogP contribution in [0, 0.1) is 0 Å². The van der Waals surface area contributed by atoms with Crippen molar-refractivity contribution in [3.63, 3.8) is 0 Å². The molecule has 100 valence electrons. The molecule has 0 aromatic carbocycles. The number of esters is 1. The molecule has 6 nitrogen and oxygen atoms in total. The average molecular weight is 253 g/mol. The quantitative estimate of drug-likeness (QED) is 0.785. The lowest BCUT2D eigenvalue weighted by atomic mass is 9.92. The van der Waals surface area contributed by atoms with Crippen molar-refractivity contribution < 1.29 is 14.3 Å². The molecule has 0 unspecified atom stereocenters. The highest BCUT2D eigenvalue weighted by atomic mass is 16.5. The highest BCUT2D eigenvalue weighted by Gasteiger charge is 2.26. The molecular weight excluding hydrogens is 234 g/mol. The van der Waals surface area contributed by atoms with Crippen molar-refractivity contribution in [3.05, 3.63) is 17.5 Å². The summed E-state index contributed by atoms with van der Waals surface area (Å²) in [7, 11) is 3.04. The highest BCUT2D eigenvalue weighted by molar-refractivity contribution is 5.99. The maximum absolute atomic E-state index is 11.7. The molecule has 3 N–H and O–H groups in total. The molecule has 0 bridgehead atoms. The number of methoxy groups -OCH3 is 1. The number of nitrogens with one attached hydrogen (secondary N) is 1. The molecule has 6 heteroatoms. The van der Waals surface area contributed by atoms with Gasteiger partial charge in [0, 0.05) is 18.2 Å². The van der Waals surface area contributed by atoms with Crippen LogP contribution in [0.25, 0.3) is 0 Å². The first-order valence-corrected chi connectivity index (χ1v) is 5.53. The molecule has 18 heavy (non-hydrogen) atoms. The van der Waals surface area contributed by atoms with Gasteiger partial charge in [-0.2, -0.15) is 0 Å². The number of hydrogen-bond donors (Lipinski definition) is 2. The van der Waals surface area contributed by atoms with Crippen molar-refractivity contribution in [2.75, 3.05) is 12.4 Å². The minimum absolute atomic E-state index is 0.172. The number of anilines is 1. The Morgan fingerprint density at radius 2 is 1.94 bits per heavy atom. The van der Waals surface area contributed by atoms with Crippen LogP contribution < -0.4 is 11.1 Å². The molecule has 0 saturated heterocycles. The lowest BCUT2D eigenvalue weighted by Crippen LogP contribution is -2.21. The number of carbonyl (C=O) groups excluding carboxylic acids is 2. The first-order valence-electron chi connectivity index (χ1n) is 5.53. The van der Waals surface area contributed by atoms with Gasteiger partial charge in [0.1, 0.15) is 0 Å². The van der Waals surface area contributed by atoms with E-state index in [-0.39, 0.29) is 11.1 Å². The standard InChI is InChI=1S/C12H19N3O3/c1-12(2,3)8-6-7(14-11(13)17)9(15(8)4)10(16)18-5/h6H,1-5H3,(H3,13,14,17). The topological polar surface area (TPSA) is 86.3 Å². The number of amides is 2. The fourth-order valence-electron chi connectivity index (χ4n) is 1.89. The summed E-state index contributed by atoms with van der Waals surface area (Å²) in [6, 6.07) is 1.02. The van der Waals surface area contributed by atoms with E-state index in [4.69, 9.17) is 10.5 Å². The van der Waals surface area contributed by atoms with E-state index < -0.39 is 12.0 Å². The second kappa shape index (κ2) is 4.72. The Bertz CT molecular complexity index is 483. The third-order valence-corrected chi connectivity index (χ3v) is 2.64. The Hall–Kier alpha value is -1.98. The van der Waals surface area contributed by atoms with Gasteiger partial charge in [0.15, 0.2) is 5.69 Å². The minimum atomic E-state index is -0.716. The number of nitrogens with two attached hydrogens (primary N) is 1. The van der Waals surface area contributed by atoms with Crippen molar-refractivity contribution in [1.82, 2.24) is 4.57 Å². The van der Waals surface area contributed by atoms with Gasteiger partial charge in [0.25, 0.3) is 0 Å². The molecule has 0 atom stereocenters. The van der Waals surface area contributed by atoms with Gasteiger partial charge in [-0.1, -0.05) is 20.8 Å². The monoisotopic (exact) mass is 253 g/mol. The lowest BCUT2D eigenvalue weighted by Gasteiger charge is -2.19. The van der Waals surface area contributed by atoms with Gasteiger partial charge in [-0.15, -0.1) is 0 Å². The van der Waals surface area contributed by atoms with E-state index in [0.717, 1.165) is 5.69 Å². The van der Waals surface area contributed by atoms with Gasteiger partial charge < -0.3 is 20.4 Å². The Balaban J connectivity index is 3.41. The van der Waals surface area contributed by atoms with E-state index in [9.17, 15) is 9.59 Å². The van der Waals surface area contributed by atoms with Gasteiger partial charge >= 0.3 is 12.0 Å². The van der Waals surface area contributed by atoms with Crippen LogP contribution in [0.4, 0.5) is 10.5 Å². The van der Waals surface area contributed by atoms with Crippen LogP contribution in [-0.2, 0) is 17.2 Å². The summed E-state index contributed by atoms with van der Waals surface area (Å²) in [5.74, 6) is -0.517. The van der Waals surface area contributed by atoms with Gasteiger partial charge in [-0.05, 0) is 6.07 Å². The molecule has 1 heterocycles. The molecule has 0 spiro atoms. The number of aromatic nitrogens is 1. The van der Waals surface area contributed by atoms with Crippen molar-refractivity contribution in [2.24, 2.45) is 12.8 Å². The fourth-order valence-corrected chi connectivity index (χ4v) is 1.89. The van der Waals surface area contributed by atoms with Crippen molar-refractivity contribution in [3.8, 4) is 0 Å². The van der Waals surface area contributed by atoms with Crippen LogP contribution in [0.5, 0.6) is 0 Å². The molecule has 2 amide bonds. The molecule has 0 aliphatic rings. The summed E-state index contributed by atoms with van der Waals surface area (Å²) < 4.78 is 6.42. The number of hydrogen-bond acceptors (Lipinski definition) is 3. The van der Waals surface area contributed by atoms with Gasteiger partial charge in [0.2, 0.25) is 0 Å². The van der Waals surface area contributed by atoms with E-state index in [0.29, 0.717) is 5.69 Å². The van der Waals surface area contributed by atoms with Crippen LogP contribution in [0.1, 0.15) is 37.0 Å². The van der Waals surface area contributed by atoms with Crippen LogP contribution in [0.15, 0.2) is 6.07 Å². The number of ether oxygens (including phenoxy) is 1. The number of carbonyl (C=O) groups is 2. The van der Waals surface area contributed by atoms with Crippen LogP contribution in [-0.4, -0.2) is 23.7 Å². The zero-order valence-electron chi connectivity index (χ0n) is 11.3. The zero-order chi connectivity index (χ0) is 14.1. The van der Waals surface area contributed by atoms with E-state index in [2.05, 4.69) is 5.32 Å². The number of urea groups is 1. The van der Waals surface area contributed by atoms with E-state index in [1.54, 1.807) is 17.7 Å². The van der Waals surface area contributed by atoms with Crippen molar-refractivity contribution >= 4 is 17.7 Å². The van der Waals surface area contributed by atoms with Crippen LogP contribution in [0.2, 0.25) is 0 Å². The first-order chi connectivity index (χ1) is 8.18. The summed E-state index contributed by atoms with van der Waals surface area (Å²) in [5, 5.41) is 2.44. The summed E-state index contributed by atoms with van der Waals surface area (Å²) in [5.41, 5.74) is 6.46. The average Bonchev–Trinajstić information content (AvgIpc) is 2.53. The summed E-state index contributed by atoms with van der Waals surface area (Å²) >= 11 is 0. The third-order valence-electron chi connectivity index (χ3n) is 2.64. The molecule has 0 aliphatic heterocycles. The number of primary amides is 1. The van der Waals surface area contributed by atoms with E-state index >= 15 is 0 Å². The second-order valence-electron chi connectivity index (χ2n) is 5.08. The molecule has 0 saturated carbocycles.